The molecule has 0 saturated carbocycles. The van der Waals surface area contributed by atoms with Gasteiger partial charge in [0.05, 0.1) is 6.61 Å². The standard InChI is InChI=1S/C16H24N2OS/c1-13-4-2-9-18(12-13)10-3-11-19-15-7-5-14(6-8-15)16(17)20/h5-8,13H,2-4,9-12H2,1H3,(H2,17,20). The highest BCUT2D eigenvalue weighted by atomic mass is 32.1. The van der Waals surface area contributed by atoms with Gasteiger partial charge in [-0.3, -0.25) is 0 Å². The van der Waals surface area contributed by atoms with Crippen molar-refractivity contribution in [1.82, 2.24) is 4.90 Å². The highest BCUT2D eigenvalue weighted by molar-refractivity contribution is 7.80. The predicted molar refractivity (Wildman–Crippen MR) is 87.3 cm³/mol. The fourth-order valence-electron chi connectivity index (χ4n) is 2.68. The molecule has 0 aromatic heterocycles. The van der Waals surface area contributed by atoms with Crippen molar-refractivity contribution < 1.29 is 4.74 Å². The third kappa shape index (κ3) is 4.76. The van der Waals surface area contributed by atoms with Crippen molar-refractivity contribution in [2.75, 3.05) is 26.2 Å². The smallest absolute Gasteiger partial charge is 0.119 e. The van der Waals surface area contributed by atoms with Gasteiger partial charge in [-0.2, -0.15) is 0 Å². The number of hydrogen-bond acceptors (Lipinski definition) is 3. The van der Waals surface area contributed by atoms with Gasteiger partial charge < -0.3 is 15.4 Å². The monoisotopic (exact) mass is 292 g/mol. The van der Waals surface area contributed by atoms with Crippen LogP contribution in [0.4, 0.5) is 0 Å². The van der Waals surface area contributed by atoms with Gasteiger partial charge >= 0.3 is 0 Å². The lowest BCUT2D eigenvalue weighted by molar-refractivity contribution is 0.170. The maximum absolute atomic E-state index is 5.75. The molecule has 1 aliphatic rings. The van der Waals surface area contributed by atoms with Crippen molar-refractivity contribution >= 4 is 17.2 Å². The summed E-state index contributed by atoms with van der Waals surface area (Å²) in [6.45, 7) is 6.72. The highest BCUT2D eigenvalue weighted by Gasteiger charge is 2.15. The van der Waals surface area contributed by atoms with Gasteiger partial charge in [0.25, 0.3) is 0 Å². The summed E-state index contributed by atoms with van der Waals surface area (Å²) < 4.78 is 5.75. The van der Waals surface area contributed by atoms with E-state index in [4.69, 9.17) is 22.7 Å². The van der Waals surface area contributed by atoms with E-state index in [1.54, 1.807) is 0 Å². The fourth-order valence-corrected chi connectivity index (χ4v) is 2.82. The van der Waals surface area contributed by atoms with Gasteiger partial charge in [-0.1, -0.05) is 19.1 Å². The Hall–Kier alpha value is -1.13. The first kappa shape index (κ1) is 15.3. The van der Waals surface area contributed by atoms with Gasteiger partial charge in [0.15, 0.2) is 0 Å². The van der Waals surface area contributed by atoms with Crippen molar-refractivity contribution in [3.63, 3.8) is 0 Å². The maximum atomic E-state index is 5.75. The quantitative estimate of drug-likeness (QED) is 0.646. The van der Waals surface area contributed by atoms with Gasteiger partial charge in [0.1, 0.15) is 10.7 Å². The topological polar surface area (TPSA) is 38.5 Å². The molecule has 20 heavy (non-hydrogen) atoms. The molecule has 1 fully saturated rings. The molecule has 0 radical (unpaired) electrons. The van der Waals surface area contributed by atoms with Gasteiger partial charge in [0, 0.05) is 18.7 Å². The summed E-state index contributed by atoms with van der Waals surface area (Å²) in [6, 6.07) is 7.67. The third-order valence-corrected chi connectivity index (χ3v) is 4.00. The Morgan fingerprint density at radius 1 is 1.40 bits per heavy atom. The summed E-state index contributed by atoms with van der Waals surface area (Å²) in [7, 11) is 0. The lowest BCUT2D eigenvalue weighted by atomic mass is 10.0. The molecule has 1 unspecified atom stereocenters. The molecule has 0 amide bonds. The Kier molecular flexibility index (Phi) is 5.80. The second-order valence-corrected chi connectivity index (χ2v) is 6.08. The van der Waals surface area contributed by atoms with Crippen molar-refractivity contribution in [3.8, 4) is 5.75 Å². The molecule has 0 spiro atoms. The van der Waals surface area contributed by atoms with Crippen LogP contribution in [0.5, 0.6) is 5.75 Å². The first-order chi connectivity index (χ1) is 9.65. The summed E-state index contributed by atoms with van der Waals surface area (Å²) in [5, 5.41) is 0. The third-order valence-electron chi connectivity index (χ3n) is 3.77. The summed E-state index contributed by atoms with van der Waals surface area (Å²) in [5.74, 6) is 1.73. The summed E-state index contributed by atoms with van der Waals surface area (Å²) in [5.41, 5.74) is 6.45. The minimum Gasteiger partial charge on any atom is -0.494 e. The van der Waals surface area contributed by atoms with Crippen molar-refractivity contribution in [1.29, 1.82) is 0 Å². The average molecular weight is 292 g/mol. The Balaban J connectivity index is 1.66. The average Bonchev–Trinajstić information content (AvgIpc) is 2.44. The van der Waals surface area contributed by atoms with E-state index in [-0.39, 0.29) is 0 Å². The second kappa shape index (κ2) is 7.60. The summed E-state index contributed by atoms with van der Waals surface area (Å²) >= 11 is 4.92. The van der Waals surface area contributed by atoms with E-state index >= 15 is 0 Å². The first-order valence-corrected chi connectivity index (χ1v) is 7.81. The van der Waals surface area contributed by atoms with Crippen LogP contribution in [0.25, 0.3) is 0 Å². The van der Waals surface area contributed by atoms with E-state index in [9.17, 15) is 0 Å². The van der Waals surface area contributed by atoms with Crippen LogP contribution in [0.15, 0.2) is 24.3 Å². The van der Waals surface area contributed by atoms with Crippen molar-refractivity contribution in [3.05, 3.63) is 29.8 Å². The minimum atomic E-state index is 0.427. The number of benzene rings is 1. The van der Waals surface area contributed by atoms with E-state index in [0.717, 1.165) is 36.8 Å². The van der Waals surface area contributed by atoms with Crippen LogP contribution in [0.3, 0.4) is 0 Å². The lowest BCUT2D eigenvalue weighted by Gasteiger charge is -2.30. The zero-order chi connectivity index (χ0) is 14.4. The van der Waals surface area contributed by atoms with Gasteiger partial charge in [-0.25, -0.2) is 0 Å². The van der Waals surface area contributed by atoms with Crippen LogP contribution in [0, 0.1) is 5.92 Å². The van der Waals surface area contributed by atoms with Gasteiger partial charge in [-0.15, -0.1) is 0 Å². The number of hydrogen-bond donors (Lipinski definition) is 1. The Morgan fingerprint density at radius 2 is 2.15 bits per heavy atom. The molecule has 0 bridgehead atoms. The number of thiocarbonyl (C=S) groups is 1. The predicted octanol–water partition coefficient (Wildman–Crippen LogP) is 2.82. The van der Waals surface area contributed by atoms with Crippen LogP contribution >= 0.6 is 12.2 Å². The molecule has 1 aliphatic heterocycles. The minimum absolute atomic E-state index is 0.427. The molecule has 1 saturated heterocycles. The molecule has 2 rings (SSSR count). The number of piperidine rings is 1. The van der Waals surface area contributed by atoms with Crippen molar-refractivity contribution in [2.24, 2.45) is 11.7 Å². The fraction of sp³-hybridized carbons (Fsp3) is 0.562. The molecule has 110 valence electrons. The number of rotatable bonds is 6. The molecule has 1 aromatic rings. The normalized spacial score (nSPS) is 19.8. The maximum Gasteiger partial charge on any atom is 0.119 e. The Bertz CT molecular complexity index is 433. The highest BCUT2D eigenvalue weighted by Crippen LogP contribution is 2.16. The summed E-state index contributed by atoms with van der Waals surface area (Å²) in [6.07, 6.45) is 3.79. The number of likely N-dealkylation sites (tertiary alicyclic amines) is 1. The first-order valence-electron chi connectivity index (χ1n) is 7.40. The molecule has 1 atom stereocenters. The molecule has 2 N–H and O–H groups in total. The number of ether oxygens (including phenoxy) is 1. The van der Waals surface area contributed by atoms with Crippen LogP contribution in [-0.2, 0) is 0 Å². The number of nitrogens with two attached hydrogens (primary N) is 1. The zero-order valence-electron chi connectivity index (χ0n) is 12.2. The Labute approximate surface area is 127 Å². The van der Waals surface area contributed by atoms with E-state index in [1.807, 2.05) is 24.3 Å². The van der Waals surface area contributed by atoms with Crippen LogP contribution in [0.1, 0.15) is 31.7 Å². The number of nitrogens with zero attached hydrogens (tertiary/aromatic N) is 1. The Morgan fingerprint density at radius 3 is 2.80 bits per heavy atom. The lowest BCUT2D eigenvalue weighted by Crippen LogP contribution is -2.35. The van der Waals surface area contributed by atoms with Crippen LogP contribution in [0.2, 0.25) is 0 Å². The largest absolute Gasteiger partial charge is 0.494 e. The second-order valence-electron chi connectivity index (χ2n) is 5.64. The van der Waals surface area contributed by atoms with Gasteiger partial charge in [-0.05, 0) is 56.0 Å². The molecule has 4 heteroatoms. The van der Waals surface area contributed by atoms with E-state index in [2.05, 4.69) is 11.8 Å². The van der Waals surface area contributed by atoms with Gasteiger partial charge in [0.2, 0.25) is 0 Å². The SMILES string of the molecule is CC1CCCN(CCCOc2ccc(C(N)=S)cc2)C1. The summed E-state index contributed by atoms with van der Waals surface area (Å²) in [4.78, 5) is 2.98. The molecule has 3 nitrogen and oxygen atoms in total. The van der Waals surface area contributed by atoms with Crippen LogP contribution < -0.4 is 10.5 Å². The van der Waals surface area contributed by atoms with Crippen LogP contribution in [-0.4, -0.2) is 36.1 Å². The van der Waals surface area contributed by atoms with E-state index in [0.29, 0.717) is 4.99 Å². The zero-order valence-corrected chi connectivity index (χ0v) is 13.0. The van der Waals surface area contributed by atoms with E-state index in [1.165, 1.54) is 25.9 Å². The molecule has 1 heterocycles. The van der Waals surface area contributed by atoms with Crippen molar-refractivity contribution in [2.45, 2.75) is 26.2 Å². The van der Waals surface area contributed by atoms with E-state index < -0.39 is 0 Å². The molecular formula is C16H24N2OS. The molecule has 1 aromatic carbocycles. The molecule has 0 aliphatic carbocycles. The molecular weight excluding hydrogens is 268 g/mol.